The number of carbonyl (C=O) groups excluding carboxylic acids is 2. The maximum atomic E-state index is 12.2. The Balaban J connectivity index is 1.47. The maximum absolute atomic E-state index is 12.2. The Labute approximate surface area is 161 Å². The van der Waals surface area contributed by atoms with Crippen LogP contribution in [0.5, 0.6) is 5.75 Å². The number of imide groups is 1. The third-order valence-corrected chi connectivity index (χ3v) is 5.73. The molecule has 1 aromatic rings. The van der Waals surface area contributed by atoms with Crippen molar-refractivity contribution in [2.45, 2.75) is 57.5 Å². The first-order chi connectivity index (χ1) is 13.1. The minimum atomic E-state index is -0.382. The fourth-order valence-electron chi connectivity index (χ4n) is 3.91. The maximum Gasteiger partial charge on any atom is 0.321 e. The van der Waals surface area contributed by atoms with E-state index in [0.717, 1.165) is 43.4 Å². The van der Waals surface area contributed by atoms with Gasteiger partial charge < -0.3 is 15.4 Å². The predicted molar refractivity (Wildman–Crippen MR) is 105 cm³/mol. The molecule has 0 saturated heterocycles. The van der Waals surface area contributed by atoms with Gasteiger partial charge in [0, 0.05) is 12.1 Å². The first-order valence-corrected chi connectivity index (χ1v) is 10.0. The van der Waals surface area contributed by atoms with Crippen molar-refractivity contribution in [2.24, 2.45) is 11.8 Å². The molecule has 0 radical (unpaired) electrons. The number of methoxy groups -OCH3 is 1. The van der Waals surface area contributed by atoms with Crippen molar-refractivity contribution in [3.05, 3.63) is 29.8 Å². The Morgan fingerprint density at radius 2 is 1.81 bits per heavy atom. The van der Waals surface area contributed by atoms with Crippen LogP contribution in [0.15, 0.2) is 24.3 Å². The Bertz CT molecular complexity index is 643. The van der Waals surface area contributed by atoms with Crippen molar-refractivity contribution in [3.63, 3.8) is 0 Å². The molecule has 148 valence electrons. The molecule has 1 aromatic carbocycles. The highest BCUT2D eigenvalue weighted by Crippen LogP contribution is 2.41. The van der Waals surface area contributed by atoms with Gasteiger partial charge in [-0.25, -0.2) is 4.79 Å². The quantitative estimate of drug-likeness (QED) is 0.686. The van der Waals surface area contributed by atoms with E-state index in [0.29, 0.717) is 11.8 Å². The van der Waals surface area contributed by atoms with Crippen molar-refractivity contribution < 1.29 is 14.3 Å². The standard InChI is InChI=1S/C21H31N3O3/c1-14-5-3-4-6-18(14)23-21(26)24-19(25)13-22-20(15-7-8-15)16-9-11-17(27-2)12-10-16/h9-12,14-15,18,20,22H,3-8,13H2,1-2H3,(H2,23,24,25,26). The van der Waals surface area contributed by atoms with Crippen LogP contribution in [0.3, 0.4) is 0 Å². The Morgan fingerprint density at radius 3 is 2.44 bits per heavy atom. The topological polar surface area (TPSA) is 79.5 Å². The van der Waals surface area contributed by atoms with Crippen LogP contribution < -0.4 is 20.7 Å². The number of hydrogen-bond donors (Lipinski definition) is 3. The molecular formula is C21H31N3O3. The summed E-state index contributed by atoms with van der Waals surface area (Å²) < 4.78 is 5.21. The summed E-state index contributed by atoms with van der Waals surface area (Å²) >= 11 is 0. The van der Waals surface area contributed by atoms with E-state index in [-0.39, 0.29) is 30.6 Å². The third kappa shape index (κ3) is 5.70. The number of carbonyl (C=O) groups is 2. The lowest BCUT2D eigenvalue weighted by molar-refractivity contribution is -0.119. The lowest BCUT2D eigenvalue weighted by Gasteiger charge is -2.29. The molecule has 3 amide bonds. The van der Waals surface area contributed by atoms with E-state index in [1.807, 2.05) is 24.3 Å². The highest BCUT2D eigenvalue weighted by Gasteiger charge is 2.32. The average molecular weight is 373 g/mol. The summed E-state index contributed by atoms with van der Waals surface area (Å²) in [6, 6.07) is 7.85. The van der Waals surface area contributed by atoms with Gasteiger partial charge in [0.15, 0.2) is 0 Å². The van der Waals surface area contributed by atoms with Gasteiger partial charge in [-0.2, -0.15) is 0 Å². The molecule has 0 aliphatic heterocycles. The molecule has 6 nitrogen and oxygen atoms in total. The molecular weight excluding hydrogens is 342 g/mol. The molecule has 0 spiro atoms. The van der Waals surface area contributed by atoms with E-state index in [4.69, 9.17) is 4.74 Å². The van der Waals surface area contributed by atoms with Crippen molar-refractivity contribution >= 4 is 11.9 Å². The smallest absolute Gasteiger partial charge is 0.321 e. The summed E-state index contributed by atoms with van der Waals surface area (Å²) in [5.74, 6) is 1.53. The monoisotopic (exact) mass is 373 g/mol. The van der Waals surface area contributed by atoms with Crippen LogP contribution in [0.2, 0.25) is 0 Å². The molecule has 0 bridgehead atoms. The van der Waals surface area contributed by atoms with Crippen LogP contribution in [0.4, 0.5) is 4.79 Å². The van der Waals surface area contributed by atoms with Crippen LogP contribution in [0, 0.1) is 11.8 Å². The molecule has 0 heterocycles. The molecule has 27 heavy (non-hydrogen) atoms. The van der Waals surface area contributed by atoms with Crippen LogP contribution in [0.25, 0.3) is 0 Å². The fourth-order valence-corrected chi connectivity index (χ4v) is 3.91. The van der Waals surface area contributed by atoms with Gasteiger partial charge in [0.25, 0.3) is 0 Å². The normalized spacial score (nSPS) is 23.3. The molecule has 2 aliphatic rings. The second kappa shape index (κ2) is 9.22. The van der Waals surface area contributed by atoms with E-state index >= 15 is 0 Å². The Kier molecular flexibility index (Phi) is 6.72. The van der Waals surface area contributed by atoms with Gasteiger partial charge >= 0.3 is 6.03 Å². The van der Waals surface area contributed by atoms with Gasteiger partial charge in [-0.1, -0.05) is 31.9 Å². The number of urea groups is 1. The lowest BCUT2D eigenvalue weighted by atomic mass is 9.86. The summed E-state index contributed by atoms with van der Waals surface area (Å²) in [5.41, 5.74) is 1.14. The van der Waals surface area contributed by atoms with Crippen LogP contribution >= 0.6 is 0 Å². The SMILES string of the molecule is COc1ccc(C(NCC(=O)NC(=O)NC2CCCCC2C)C2CC2)cc1. The summed E-state index contributed by atoms with van der Waals surface area (Å²) in [7, 11) is 1.65. The zero-order chi connectivity index (χ0) is 19.2. The van der Waals surface area contributed by atoms with E-state index in [1.165, 1.54) is 6.42 Å². The lowest BCUT2D eigenvalue weighted by Crippen LogP contribution is -2.49. The van der Waals surface area contributed by atoms with Gasteiger partial charge in [-0.15, -0.1) is 0 Å². The van der Waals surface area contributed by atoms with Gasteiger partial charge in [0.2, 0.25) is 5.91 Å². The molecule has 2 saturated carbocycles. The molecule has 2 fully saturated rings. The Morgan fingerprint density at radius 1 is 1.11 bits per heavy atom. The van der Waals surface area contributed by atoms with Crippen LogP contribution in [0.1, 0.15) is 57.1 Å². The van der Waals surface area contributed by atoms with Crippen molar-refractivity contribution in [3.8, 4) is 5.75 Å². The third-order valence-electron chi connectivity index (χ3n) is 5.73. The van der Waals surface area contributed by atoms with Gasteiger partial charge in [-0.3, -0.25) is 10.1 Å². The number of ether oxygens (including phenoxy) is 1. The number of nitrogens with one attached hydrogen (secondary N) is 3. The van der Waals surface area contributed by atoms with E-state index in [9.17, 15) is 9.59 Å². The van der Waals surface area contributed by atoms with Gasteiger partial charge in [-0.05, 0) is 55.2 Å². The number of amides is 3. The molecule has 6 heteroatoms. The van der Waals surface area contributed by atoms with Gasteiger partial charge in [0.05, 0.1) is 13.7 Å². The first kappa shape index (κ1) is 19.7. The largest absolute Gasteiger partial charge is 0.497 e. The highest BCUT2D eigenvalue weighted by atomic mass is 16.5. The summed E-state index contributed by atoms with van der Waals surface area (Å²) in [5, 5.41) is 8.73. The first-order valence-electron chi connectivity index (χ1n) is 10.0. The number of hydrogen-bond acceptors (Lipinski definition) is 4. The highest BCUT2D eigenvalue weighted by molar-refractivity contribution is 5.95. The second-order valence-corrected chi connectivity index (χ2v) is 7.86. The summed E-state index contributed by atoms with van der Waals surface area (Å²) in [4.78, 5) is 24.3. The van der Waals surface area contributed by atoms with Crippen molar-refractivity contribution in [1.29, 1.82) is 0 Å². The van der Waals surface area contributed by atoms with Crippen LogP contribution in [-0.2, 0) is 4.79 Å². The zero-order valence-corrected chi connectivity index (χ0v) is 16.3. The Hall–Kier alpha value is -2.08. The average Bonchev–Trinajstić information content (AvgIpc) is 3.49. The van der Waals surface area contributed by atoms with Crippen LogP contribution in [-0.4, -0.2) is 31.6 Å². The molecule has 0 aromatic heterocycles. The minimum absolute atomic E-state index is 0.126. The fraction of sp³-hybridized carbons (Fsp3) is 0.619. The van der Waals surface area contributed by atoms with E-state index in [1.54, 1.807) is 7.11 Å². The predicted octanol–water partition coefficient (Wildman–Crippen LogP) is 3.14. The molecule has 3 N–H and O–H groups in total. The molecule has 3 atom stereocenters. The van der Waals surface area contributed by atoms with Gasteiger partial charge in [0.1, 0.15) is 5.75 Å². The van der Waals surface area contributed by atoms with E-state index in [2.05, 4.69) is 22.9 Å². The van der Waals surface area contributed by atoms with Crippen molar-refractivity contribution in [1.82, 2.24) is 16.0 Å². The molecule has 2 aliphatic carbocycles. The zero-order valence-electron chi connectivity index (χ0n) is 16.3. The minimum Gasteiger partial charge on any atom is -0.497 e. The molecule has 3 unspecified atom stereocenters. The molecule has 3 rings (SSSR count). The van der Waals surface area contributed by atoms with E-state index < -0.39 is 0 Å². The summed E-state index contributed by atoms with van der Waals surface area (Å²) in [6.45, 7) is 2.28. The number of rotatable bonds is 7. The number of benzene rings is 1. The van der Waals surface area contributed by atoms with Crippen molar-refractivity contribution in [2.75, 3.05) is 13.7 Å². The second-order valence-electron chi connectivity index (χ2n) is 7.86. The summed E-state index contributed by atoms with van der Waals surface area (Å²) in [6.07, 6.45) is 6.79.